The van der Waals surface area contributed by atoms with Crippen molar-refractivity contribution < 1.29 is 9.67 Å². The van der Waals surface area contributed by atoms with E-state index in [9.17, 15) is 9.67 Å². The second-order valence-corrected chi connectivity index (χ2v) is 10.6. The number of nitrogens with zero attached hydrogens (tertiary/aromatic N) is 2. The number of fused-ring (bicyclic) bond motifs is 1. The van der Waals surface area contributed by atoms with Gasteiger partial charge in [0.15, 0.2) is 0 Å². The number of piperidine rings is 1. The molecular weight excluding hydrogens is 309 g/mol. The summed E-state index contributed by atoms with van der Waals surface area (Å²) in [7, 11) is -2.15. The number of aliphatic hydroxyl groups excluding tert-OH is 1. The summed E-state index contributed by atoms with van der Waals surface area (Å²) < 4.78 is 12.4. The molecule has 2 aromatic rings. The Bertz CT molecular complexity index is 759. The molecule has 0 aliphatic carbocycles. The maximum absolute atomic E-state index is 12.4. The molecule has 0 saturated carbocycles. The van der Waals surface area contributed by atoms with Gasteiger partial charge in [0, 0.05) is 42.7 Å². The molecule has 5 nitrogen and oxygen atoms in total. The van der Waals surface area contributed by atoms with Crippen LogP contribution in [0.15, 0.2) is 24.5 Å². The lowest BCUT2D eigenvalue weighted by Crippen LogP contribution is -2.47. The third-order valence-corrected chi connectivity index (χ3v) is 7.73. The van der Waals surface area contributed by atoms with Crippen LogP contribution in [0, 0.1) is 0 Å². The standard InChI is InChI=1S/C17H24N3O2P/c1-23(22)10-15(16(21)11-23)20-7-3-4-12(9-20)14-8-19-17-13(14)5-2-6-18-17/h2,5-6,8,12,15-16,21H,3-4,7,9-11H2,1H3,(H,18,19)/t12?,15-,16-,23+/m1/s1. The minimum Gasteiger partial charge on any atom is -0.391 e. The van der Waals surface area contributed by atoms with Crippen LogP contribution in [0.5, 0.6) is 0 Å². The molecule has 4 atom stereocenters. The first-order chi connectivity index (χ1) is 11.0. The zero-order valence-corrected chi connectivity index (χ0v) is 14.4. The molecular formula is C17H24N3O2P. The summed E-state index contributed by atoms with van der Waals surface area (Å²) >= 11 is 0. The highest BCUT2D eigenvalue weighted by Gasteiger charge is 2.42. The molecule has 2 aliphatic rings. The van der Waals surface area contributed by atoms with Crippen LogP contribution in [0.25, 0.3) is 11.0 Å². The van der Waals surface area contributed by atoms with Crippen LogP contribution in [0.2, 0.25) is 0 Å². The smallest absolute Gasteiger partial charge is 0.137 e. The lowest BCUT2D eigenvalue weighted by molar-refractivity contribution is 0.0646. The molecule has 2 saturated heterocycles. The van der Waals surface area contributed by atoms with Gasteiger partial charge in [-0.05, 0) is 49.7 Å². The van der Waals surface area contributed by atoms with Crippen LogP contribution in [0.4, 0.5) is 0 Å². The van der Waals surface area contributed by atoms with Gasteiger partial charge in [-0.25, -0.2) is 4.98 Å². The molecule has 0 radical (unpaired) electrons. The number of rotatable bonds is 2. The molecule has 2 fully saturated rings. The van der Waals surface area contributed by atoms with Gasteiger partial charge in [-0.15, -0.1) is 0 Å². The van der Waals surface area contributed by atoms with Crippen molar-refractivity contribution in [3.05, 3.63) is 30.1 Å². The number of pyridine rings is 1. The highest BCUT2D eigenvalue weighted by atomic mass is 31.2. The number of aromatic nitrogens is 2. The molecule has 23 heavy (non-hydrogen) atoms. The first-order valence-corrected chi connectivity index (χ1v) is 11.0. The molecule has 2 N–H and O–H groups in total. The molecule has 2 aromatic heterocycles. The molecule has 0 bridgehead atoms. The molecule has 1 unspecified atom stereocenters. The van der Waals surface area contributed by atoms with Gasteiger partial charge >= 0.3 is 0 Å². The third-order valence-electron chi connectivity index (χ3n) is 5.44. The van der Waals surface area contributed by atoms with Gasteiger partial charge in [0.2, 0.25) is 0 Å². The molecule has 0 amide bonds. The van der Waals surface area contributed by atoms with Crippen molar-refractivity contribution in [2.45, 2.75) is 30.9 Å². The fraction of sp³-hybridized carbons (Fsp3) is 0.588. The first-order valence-electron chi connectivity index (χ1n) is 8.43. The Hall–Kier alpha value is -1.16. The van der Waals surface area contributed by atoms with Gasteiger partial charge in [0.05, 0.1) is 13.2 Å². The van der Waals surface area contributed by atoms with Crippen molar-refractivity contribution in [1.82, 2.24) is 14.9 Å². The minimum absolute atomic E-state index is 0.0666. The van der Waals surface area contributed by atoms with E-state index < -0.39 is 13.2 Å². The van der Waals surface area contributed by atoms with Gasteiger partial charge < -0.3 is 14.7 Å². The monoisotopic (exact) mass is 333 g/mol. The van der Waals surface area contributed by atoms with Crippen molar-refractivity contribution in [2.75, 3.05) is 32.1 Å². The van der Waals surface area contributed by atoms with Crippen LogP contribution < -0.4 is 0 Å². The number of aromatic amines is 1. The van der Waals surface area contributed by atoms with E-state index in [0.29, 0.717) is 18.2 Å². The van der Waals surface area contributed by atoms with E-state index in [4.69, 9.17) is 0 Å². The zero-order chi connectivity index (χ0) is 16.0. The van der Waals surface area contributed by atoms with Gasteiger partial charge in [-0.3, -0.25) is 4.90 Å². The Labute approximate surface area is 136 Å². The van der Waals surface area contributed by atoms with Gasteiger partial charge in [0.1, 0.15) is 5.65 Å². The number of hydrogen-bond acceptors (Lipinski definition) is 4. The number of nitrogens with one attached hydrogen (secondary N) is 1. The van der Waals surface area contributed by atoms with Crippen molar-refractivity contribution in [2.24, 2.45) is 0 Å². The fourth-order valence-corrected chi connectivity index (χ4v) is 6.79. The van der Waals surface area contributed by atoms with Crippen LogP contribution >= 0.6 is 7.14 Å². The van der Waals surface area contributed by atoms with Crippen molar-refractivity contribution in [3.8, 4) is 0 Å². The summed E-state index contributed by atoms with van der Waals surface area (Å²) in [5.74, 6) is 0.450. The minimum atomic E-state index is -2.15. The van der Waals surface area contributed by atoms with Gasteiger partial charge in [-0.1, -0.05) is 0 Å². The highest BCUT2D eigenvalue weighted by molar-refractivity contribution is 7.63. The average molecular weight is 333 g/mol. The highest BCUT2D eigenvalue weighted by Crippen LogP contribution is 2.50. The van der Waals surface area contributed by atoms with Gasteiger partial charge in [-0.2, -0.15) is 0 Å². The van der Waals surface area contributed by atoms with E-state index in [1.807, 2.05) is 18.9 Å². The Morgan fingerprint density at radius 3 is 3.09 bits per heavy atom. The third kappa shape index (κ3) is 2.86. The van der Waals surface area contributed by atoms with E-state index >= 15 is 0 Å². The molecule has 0 spiro atoms. The van der Waals surface area contributed by atoms with E-state index in [-0.39, 0.29) is 6.04 Å². The van der Waals surface area contributed by atoms with Crippen molar-refractivity contribution in [1.29, 1.82) is 0 Å². The fourth-order valence-electron chi connectivity index (χ4n) is 4.34. The number of hydrogen-bond donors (Lipinski definition) is 2. The number of likely N-dealkylation sites (tertiary alicyclic amines) is 1. The zero-order valence-electron chi connectivity index (χ0n) is 13.5. The Balaban J connectivity index is 1.57. The maximum atomic E-state index is 12.4. The first kappa shape index (κ1) is 15.4. The van der Waals surface area contributed by atoms with Crippen LogP contribution in [-0.2, 0) is 4.57 Å². The Kier molecular flexibility index (Phi) is 3.83. The van der Waals surface area contributed by atoms with Crippen molar-refractivity contribution in [3.63, 3.8) is 0 Å². The Morgan fingerprint density at radius 2 is 2.30 bits per heavy atom. The molecule has 124 valence electrons. The normalized spacial score (nSPS) is 35.8. The van der Waals surface area contributed by atoms with E-state index in [1.54, 1.807) is 0 Å². The summed E-state index contributed by atoms with van der Waals surface area (Å²) in [4.78, 5) is 10.0. The summed E-state index contributed by atoms with van der Waals surface area (Å²) in [6.45, 7) is 3.77. The predicted molar refractivity (Wildman–Crippen MR) is 92.7 cm³/mol. The summed E-state index contributed by atoms with van der Waals surface area (Å²) in [5.41, 5.74) is 2.27. The van der Waals surface area contributed by atoms with Crippen molar-refractivity contribution >= 4 is 18.2 Å². The average Bonchev–Trinajstić information content (AvgIpc) is 3.07. The Morgan fingerprint density at radius 1 is 1.43 bits per heavy atom. The number of aliphatic hydroxyl groups is 1. The topological polar surface area (TPSA) is 69.2 Å². The second kappa shape index (κ2) is 5.73. The van der Waals surface area contributed by atoms with E-state index in [2.05, 4.69) is 27.1 Å². The molecule has 2 aliphatic heterocycles. The van der Waals surface area contributed by atoms with Crippen LogP contribution in [0.3, 0.4) is 0 Å². The van der Waals surface area contributed by atoms with Crippen LogP contribution in [-0.4, -0.2) is 64.2 Å². The number of H-pyrrole nitrogens is 1. The largest absolute Gasteiger partial charge is 0.391 e. The quantitative estimate of drug-likeness (QED) is 0.829. The van der Waals surface area contributed by atoms with Crippen LogP contribution in [0.1, 0.15) is 24.3 Å². The maximum Gasteiger partial charge on any atom is 0.137 e. The molecule has 4 rings (SSSR count). The summed E-state index contributed by atoms with van der Waals surface area (Å²) in [6, 6.07) is 4.17. The SMILES string of the molecule is C[P@@]1(=O)C[C@@H](O)[C@H](N2CCCC(c3c[nH]c4ncccc34)C2)C1. The second-order valence-electron chi connectivity index (χ2n) is 7.27. The lowest BCUT2D eigenvalue weighted by atomic mass is 9.89. The predicted octanol–water partition coefficient (Wildman–Crippen LogP) is 2.48. The van der Waals surface area contributed by atoms with E-state index in [1.165, 1.54) is 10.9 Å². The van der Waals surface area contributed by atoms with E-state index in [0.717, 1.165) is 31.6 Å². The summed E-state index contributed by atoms with van der Waals surface area (Å²) in [5, 5.41) is 11.5. The molecule has 6 heteroatoms. The van der Waals surface area contributed by atoms with Gasteiger partial charge in [0.25, 0.3) is 0 Å². The molecule has 4 heterocycles. The molecule has 0 aromatic carbocycles. The lowest BCUT2D eigenvalue weighted by Gasteiger charge is -2.37. The summed E-state index contributed by atoms with van der Waals surface area (Å²) in [6.07, 6.45) is 6.88.